The molecule has 4 nitrogen and oxygen atoms in total. The van der Waals surface area contributed by atoms with Gasteiger partial charge >= 0.3 is 0 Å². The van der Waals surface area contributed by atoms with Crippen molar-refractivity contribution in [2.45, 2.75) is 51.6 Å². The fourth-order valence-electron chi connectivity index (χ4n) is 3.28. The lowest BCUT2D eigenvalue weighted by molar-refractivity contribution is 0.182. The summed E-state index contributed by atoms with van der Waals surface area (Å²) in [5.41, 5.74) is 0. The molecule has 2 atom stereocenters. The van der Waals surface area contributed by atoms with E-state index >= 15 is 0 Å². The van der Waals surface area contributed by atoms with Crippen molar-refractivity contribution in [1.29, 1.82) is 0 Å². The second-order valence-corrected chi connectivity index (χ2v) is 6.26. The van der Waals surface area contributed by atoms with Gasteiger partial charge in [0.1, 0.15) is 5.82 Å². The van der Waals surface area contributed by atoms with Crippen molar-refractivity contribution in [3.05, 3.63) is 18.2 Å². The molecule has 4 heteroatoms. The van der Waals surface area contributed by atoms with Crippen LogP contribution in [0, 0.1) is 5.92 Å². The minimum absolute atomic E-state index is 0.715. The molecule has 1 aliphatic carbocycles. The molecule has 0 bridgehead atoms. The predicted octanol–water partition coefficient (Wildman–Crippen LogP) is 2.41. The summed E-state index contributed by atoms with van der Waals surface area (Å²) in [4.78, 5) is 6.85. The molecule has 0 aromatic carbocycles. The molecule has 0 saturated heterocycles. The second-order valence-electron chi connectivity index (χ2n) is 6.26. The molecule has 1 fully saturated rings. The summed E-state index contributed by atoms with van der Waals surface area (Å²) in [5.74, 6) is 1.95. The van der Waals surface area contributed by atoms with Gasteiger partial charge in [-0.15, -0.1) is 0 Å². The molecule has 1 aromatic heterocycles. The van der Waals surface area contributed by atoms with Crippen molar-refractivity contribution in [3.63, 3.8) is 0 Å². The van der Waals surface area contributed by atoms with Crippen LogP contribution in [-0.2, 0) is 13.6 Å². The molecular formula is C16H30N4. The average molecular weight is 278 g/mol. The summed E-state index contributed by atoms with van der Waals surface area (Å²) in [7, 11) is 4.29. The first-order valence-electron chi connectivity index (χ1n) is 8.08. The highest BCUT2D eigenvalue weighted by atomic mass is 15.2. The maximum atomic E-state index is 4.42. The second kappa shape index (κ2) is 7.79. The van der Waals surface area contributed by atoms with Gasteiger partial charge in [0.15, 0.2) is 0 Å². The van der Waals surface area contributed by atoms with Gasteiger partial charge in [0.05, 0.1) is 6.54 Å². The van der Waals surface area contributed by atoms with Gasteiger partial charge in [0, 0.05) is 32.0 Å². The van der Waals surface area contributed by atoms with E-state index in [2.05, 4.69) is 40.8 Å². The SMILES string of the molecule is CCCNC1CCCCC1CN(C)Cc1nccn1C. The number of hydrogen-bond acceptors (Lipinski definition) is 3. The van der Waals surface area contributed by atoms with Gasteiger partial charge in [-0.2, -0.15) is 0 Å². The number of nitrogens with one attached hydrogen (secondary N) is 1. The van der Waals surface area contributed by atoms with Crippen molar-refractivity contribution in [2.24, 2.45) is 13.0 Å². The summed E-state index contributed by atoms with van der Waals surface area (Å²) >= 11 is 0. The Hall–Kier alpha value is -0.870. The topological polar surface area (TPSA) is 33.1 Å². The molecule has 0 radical (unpaired) electrons. The molecule has 0 spiro atoms. The van der Waals surface area contributed by atoms with E-state index in [0.29, 0.717) is 6.04 Å². The maximum Gasteiger partial charge on any atom is 0.122 e. The average Bonchev–Trinajstić information content (AvgIpc) is 2.83. The third kappa shape index (κ3) is 4.32. The molecule has 0 amide bonds. The number of aromatic nitrogens is 2. The van der Waals surface area contributed by atoms with Crippen LogP contribution in [0.2, 0.25) is 0 Å². The summed E-state index contributed by atoms with van der Waals surface area (Å²) < 4.78 is 2.12. The van der Waals surface area contributed by atoms with Crippen LogP contribution in [0.4, 0.5) is 0 Å². The maximum absolute atomic E-state index is 4.42. The molecule has 1 aliphatic rings. The largest absolute Gasteiger partial charge is 0.337 e. The predicted molar refractivity (Wildman–Crippen MR) is 83.6 cm³/mol. The summed E-state index contributed by atoms with van der Waals surface area (Å²) in [6, 6.07) is 0.715. The Morgan fingerprint density at radius 1 is 1.40 bits per heavy atom. The Labute approximate surface area is 123 Å². The van der Waals surface area contributed by atoms with Crippen LogP contribution >= 0.6 is 0 Å². The highest BCUT2D eigenvalue weighted by molar-refractivity contribution is 4.91. The van der Waals surface area contributed by atoms with E-state index in [4.69, 9.17) is 0 Å². The monoisotopic (exact) mass is 278 g/mol. The zero-order chi connectivity index (χ0) is 14.4. The molecule has 1 N–H and O–H groups in total. The Morgan fingerprint density at radius 3 is 2.90 bits per heavy atom. The zero-order valence-corrected chi connectivity index (χ0v) is 13.3. The van der Waals surface area contributed by atoms with E-state index in [-0.39, 0.29) is 0 Å². The van der Waals surface area contributed by atoms with Crippen molar-refractivity contribution < 1.29 is 0 Å². The van der Waals surface area contributed by atoms with Crippen LogP contribution in [0.25, 0.3) is 0 Å². The fourth-order valence-corrected chi connectivity index (χ4v) is 3.28. The Bertz CT molecular complexity index is 388. The third-order valence-corrected chi connectivity index (χ3v) is 4.44. The van der Waals surface area contributed by atoms with Crippen molar-refractivity contribution in [1.82, 2.24) is 19.8 Å². The van der Waals surface area contributed by atoms with Crippen LogP contribution in [-0.4, -0.2) is 40.6 Å². The lowest BCUT2D eigenvalue weighted by atomic mass is 9.84. The van der Waals surface area contributed by atoms with Crippen LogP contribution in [0.5, 0.6) is 0 Å². The van der Waals surface area contributed by atoms with Crippen molar-refractivity contribution in [2.75, 3.05) is 20.1 Å². The first kappa shape index (κ1) is 15.5. The number of imidazole rings is 1. The van der Waals surface area contributed by atoms with E-state index in [0.717, 1.165) is 24.8 Å². The Morgan fingerprint density at radius 2 is 2.20 bits per heavy atom. The summed E-state index contributed by atoms with van der Waals surface area (Å²) in [6.45, 7) is 5.52. The van der Waals surface area contributed by atoms with Gasteiger partial charge in [-0.1, -0.05) is 19.8 Å². The van der Waals surface area contributed by atoms with E-state index in [1.165, 1.54) is 38.6 Å². The third-order valence-electron chi connectivity index (χ3n) is 4.44. The lowest BCUT2D eigenvalue weighted by Gasteiger charge is -2.35. The molecule has 1 aromatic rings. The highest BCUT2D eigenvalue weighted by Crippen LogP contribution is 2.25. The van der Waals surface area contributed by atoms with Crippen LogP contribution in [0.15, 0.2) is 12.4 Å². The lowest BCUT2D eigenvalue weighted by Crippen LogP contribution is -2.43. The quantitative estimate of drug-likeness (QED) is 0.831. The minimum atomic E-state index is 0.715. The number of nitrogens with zero attached hydrogens (tertiary/aromatic N) is 3. The van der Waals surface area contributed by atoms with E-state index in [1.807, 2.05) is 12.4 Å². The molecule has 2 rings (SSSR count). The van der Waals surface area contributed by atoms with Crippen molar-refractivity contribution >= 4 is 0 Å². The highest BCUT2D eigenvalue weighted by Gasteiger charge is 2.25. The number of aryl methyl sites for hydroxylation is 1. The number of rotatable bonds is 7. The van der Waals surface area contributed by atoms with Gasteiger partial charge in [-0.05, 0) is 38.8 Å². The van der Waals surface area contributed by atoms with Gasteiger partial charge in [0.2, 0.25) is 0 Å². The zero-order valence-electron chi connectivity index (χ0n) is 13.3. The van der Waals surface area contributed by atoms with Gasteiger partial charge < -0.3 is 9.88 Å². The molecule has 1 saturated carbocycles. The first-order valence-corrected chi connectivity index (χ1v) is 8.08. The standard InChI is InChI=1S/C16H30N4/c1-4-9-17-15-8-6-5-7-14(15)12-19(2)13-16-18-10-11-20(16)3/h10-11,14-15,17H,4-9,12-13H2,1-3H3. The normalized spacial score (nSPS) is 23.4. The summed E-state index contributed by atoms with van der Waals surface area (Å²) in [5, 5.41) is 3.75. The molecule has 1 heterocycles. The van der Waals surface area contributed by atoms with E-state index in [1.54, 1.807) is 0 Å². The van der Waals surface area contributed by atoms with Gasteiger partial charge in [-0.25, -0.2) is 4.98 Å². The smallest absolute Gasteiger partial charge is 0.122 e. The van der Waals surface area contributed by atoms with Crippen molar-refractivity contribution in [3.8, 4) is 0 Å². The fraction of sp³-hybridized carbons (Fsp3) is 0.812. The molecule has 20 heavy (non-hydrogen) atoms. The molecule has 114 valence electrons. The van der Waals surface area contributed by atoms with Crippen LogP contribution in [0.3, 0.4) is 0 Å². The number of hydrogen-bond donors (Lipinski definition) is 1. The van der Waals surface area contributed by atoms with Crippen LogP contribution in [0.1, 0.15) is 44.9 Å². The Kier molecular flexibility index (Phi) is 6.05. The van der Waals surface area contributed by atoms with Crippen LogP contribution < -0.4 is 5.32 Å². The summed E-state index contributed by atoms with van der Waals surface area (Å²) in [6.07, 6.45) is 10.6. The molecule has 2 unspecified atom stereocenters. The molecular weight excluding hydrogens is 248 g/mol. The van der Waals surface area contributed by atoms with E-state index in [9.17, 15) is 0 Å². The first-order chi connectivity index (χ1) is 9.70. The minimum Gasteiger partial charge on any atom is -0.337 e. The van der Waals surface area contributed by atoms with Gasteiger partial charge in [-0.3, -0.25) is 4.90 Å². The Balaban J connectivity index is 1.84. The van der Waals surface area contributed by atoms with Gasteiger partial charge in [0.25, 0.3) is 0 Å². The van der Waals surface area contributed by atoms with E-state index < -0.39 is 0 Å². The molecule has 0 aliphatic heterocycles.